The number of nitrogens with one attached hydrogen (secondary N) is 3. The van der Waals surface area contributed by atoms with Gasteiger partial charge in [-0.2, -0.15) is 4.98 Å². The van der Waals surface area contributed by atoms with Gasteiger partial charge < -0.3 is 10.6 Å². The van der Waals surface area contributed by atoms with Gasteiger partial charge in [0.05, 0.1) is 6.04 Å². The number of hydrogen-bond donors (Lipinski definition) is 2. The zero-order valence-corrected chi connectivity index (χ0v) is 18.6. The molecule has 0 bridgehead atoms. The van der Waals surface area contributed by atoms with Gasteiger partial charge in [0.1, 0.15) is 11.6 Å². The number of carbonyl (C=O) groups excluding carboxylic acids is 1. The lowest BCUT2D eigenvalue weighted by Crippen LogP contribution is -2.39. The van der Waals surface area contributed by atoms with E-state index in [0.29, 0.717) is 23.2 Å². The summed E-state index contributed by atoms with van der Waals surface area (Å²) in [7, 11) is 0. The first-order valence-electron chi connectivity index (χ1n) is 10.1. The number of hydrogen-bond acceptors (Lipinski definition) is 4. The highest BCUT2D eigenvalue weighted by Crippen LogP contribution is 2.39. The van der Waals surface area contributed by atoms with E-state index in [9.17, 15) is 4.79 Å². The number of H-pyrrole nitrogens is 1. The molecule has 0 aliphatic carbocycles. The minimum absolute atomic E-state index is 0.183. The van der Waals surface area contributed by atoms with E-state index in [1.54, 1.807) is 17.1 Å². The van der Waals surface area contributed by atoms with Gasteiger partial charge in [0.15, 0.2) is 18.2 Å². The lowest BCUT2D eigenvalue weighted by molar-refractivity contribution is -0.377. The molecule has 7 nitrogen and oxygen atoms in total. The van der Waals surface area contributed by atoms with Crippen LogP contribution < -0.4 is 15.6 Å². The number of benzene rings is 2. The average molecular weight is 488 g/mol. The molecule has 3 N–H and O–H groups in total. The fourth-order valence-corrected chi connectivity index (χ4v) is 4.12. The SMILES string of the molecule is C=C1Nc2nc(-c3ccccc3)nn2C(c2ccc(Br)cc2)C1C(=O)Nc1ccc[nH+]c1. The topological polar surface area (TPSA) is 86.0 Å². The van der Waals surface area contributed by atoms with E-state index in [1.165, 1.54) is 0 Å². The summed E-state index contributed by atoms with van der Waals surface area (Å²) < 4.78 is 2.74. The van der Waals surface area contributed by atoms with Crippen molar-refractivity contribution < 1.29 is 9.78 Å². The second-order valence-corrected chi connectivity index (χ2v) is 8.39. The zero-order valence-electron chi connectivity index (χ0n) is 17.0. The van der Waals surface area contributed by atoms with E-state index < -0.39 is 12.0 Å². The highest BCUT2D eigenvalue weighted by molar-refractivity contribution is 9.10. The van der Waals surface area contributed by atoms with E-state index >= 15 is 0 Å². The summed E-state index contributed by atoms with van der Waals surface area (Å²) in [4.78, 5) is 21.1. The molecule has 4 aromatic rings. The normalized spacial score (nSPS) is 17.3. The van der Waals surface area contributed by atoms with Gasteiger partial charge in [-0.3, -0.25) is 4.79 Å². The average Bonchev–Trinajstić information content (AvgIpc) is 3.23. The minimum Gasteiger partial charge on any atom is -0.328 e. The highest BCUT2D eigenvalue weighted by Gasteiger charge is 2.40. The number of fused-ring (bicyclic) bond motifs is 1. The minimum atomic E-state index is -0.603. The molecule has 8 heteroatoms. The Labute approximate surface area is 193 Å². The first-order valence-corrected chi connectivity index (χ1v) is 10.9. The van der Waals surface area contributed by atoms with Gasteiger partial charge in [0, 0.05) is 21.8 Å². The van der Waals surface area contributed by atoms with Gasteiger partial charge in [-0.25, -0.2) is 9.67 Å². The molecule has 3 heterocycles. The van der Waals surface area contributed by atoms with E-state index in [1.807, 2.05) is 66.7 Å². The van der Waals surface area contributed by atoms with Crippen LogP contribution in [0.1, 0.15) is 11.6 Å². The maximum absolute atomic E-state index is 13.4. The number of carbonyl (C=O) groups is 1. The molecule has 1 aliphatic heterocycles. The zero-order chi connectivity index (χ0) is 22.1. The van der Waals surface area contributed by atoms with Crippen LogP contribution in [-0.2, 0) is 4.79 Å². The van der Waals surface area contributed by atoms with Crippen molar-refractivity contribution in [3.63, 3.8) is 0 Å². The van der Waals surface area contributed by atoms with Crippen LogP contribution in [0, 0.1) is 5.92 Å². The largest absolute Gasteiger partial charge is 0.328 e. The molecule has 2 aromatic heterocycles. The van der Waals surface area contributed by atoms with E-state index in [0.717, 1.165) is 15.6 Å². The van der Waals surface area contributed by atoms with Gasteiger partial charge >= 0.3 is 0 Å². The monoisotopic (exact) mass is 487 g/mol. The maximum atomic E-state index is 13.4. The Morgan fingerprint density at radius 2 is 1.88 bits per heavy atom. The van der Waals surface area contributed by atoms with Gasteiger partial charge in [-0.1, -0.05) is 65.0 Å². The summed E-state index contributed by atoms with van der Waals surface area (Å²) in [5.74, 6) is 0.354. The van der Waals surface area contributed by atoms with Gasteiger partial charge in [-0.15, -0.1) is 5.10 Å². The summed E-state index contributed by atoms with van der Waals surface area (Å²) in [5, 5.41) is 11.0. The third-order valence-corrected chi connectivity index (χ3v) is 5.89. The Morgan fingerprint density at radius 1 is 1.09 bits per heavy atom. The number of aromatic nitrogens is 4. The molecular weight excluding hydrogens is 468 g/mol. The molecule has 2 unspecified atom stereocenters. The molecule has 0 radical (unpaired) electrons. The van der Waals surface area contributed by atoms with Crippen molar-refractivity contribution >= 4 is 33.5 Å². The van der Waals surface area contributed by atoms with Crippen LogP contribution in [0.3, 0.4) is 0 Å². The van der Waals surface area contributed by atoms with Crippen LogP contribution >= 0.6 is 15.9 Å². The summed E-state index contributed by atoms with van der Waals surface area (Å²) in [6, 6.07) is 20.9. The third kappa shape index (κ3) is 3.80. The van der Waals surface area contributed by atoms with Crippen LogP contribution in [-0.4, -0.2) is 20.7 Å². The number of anilines is 2. The molecule has 0 saturated heterocycles. The summed E-state index contributed by atoms with van der Waals surface area (Å²) in [6.45, 7) is 4.16. The van der Waals surface area contributed by atoms with Crippen molar-refractivity contribution in [1.29, 1.82) is 0 Å². The first kappa shape index (κ1) is 20.1. The Kier molecular flexibility index (Phi) is 5.28. The predicted molar refractivity (Wildman–Crippen MR) is 126 cm³/mol. The molecular formula is C24H20BrN6O+. The van der Waals surface area contributed by atoms with Crippen molar-refractivity contribution in [1.82, 2.24) is 14.8 Å². The number of pyridine rings is 1. The van der Waals surface area contributed by atoms with E-state index in [-0.39, 0.29) is 5.91 Å². The van der Waals surface area contributed by atoms with Crippen molar-refractivity contribution in [2.75, 3.05) is 10.6 Å². The van der Waals surface area contributed by atoms with Crippen LogP contribution in [0.5, 0.6) is 0 Å². The lowest BCUT2D eigenvalue weighted by atomic mass is 9.88. The van der Waals surface area contributed by atoms with E-state index in [2.05, 4.69) is 43.1 Å². The van der Waals surface area contributed by atoms with Crippen LogP contribution in [0.4, 0.5) is 11.6 Å². The molecule has 0 spiro atoms. The Morgan fingerprint density at radius 3 is 2.59 bits per heavy atom. The Bertz CT molecular complexity index is 1270. The van der Waals surface area contributed by atoms with Gasteiger partial charge in [0.2, 0.25) is 11.9 Å². The van der Waals surface area contributed by atoms with Crippen molar-refractivity contribution in [2.45, 2.75) is 6.04 Å². The van der Waals surface area contributed by atoms with Crippen LogP contribution in [0.2, 0.25) is 0 Å². The smallest absolute Gasteiger partial charge is 0.236 e. The fourth-order valence-electron chi connectivity index (χ4n) is 3.85. The number of rotatable bonds is 4. The van der Waals surface area contributed by atoms with Crippen molar-refractivity contribution in [3.05, 3.63) is 101 Å². The Hall–Kier alpha value is -3.78. The summed E-state index contributed by atoms with van der Waals surface area (Å²) in [5.41, 5.74) is 3.07. The molecule has 0 fully saturated rings. The standard InChI is InChI=1S/C24H19BrN6O/c1-15-20(23(32)28-19-8-5-13-26-14-19)21(16-9-11-18(25)12-10-16)31-24(27-15)29-22(30-31)17-6-3-2-4-7-17/h2-14,20-21H,1H2,(H,28,32)(H,27,29,30)/p+1. The molecule has 5 rings (SSSR count). The first-order chi connectivity index (χ1) is 15.6. The summed E-state index contributed by atoms with van der Waals surface area (Å²) in [6.07, 6.45) is 3.52. The number of nitrogens with zero attached hydrogens (tertiary/aromatic N) is 3. The quantitative estimate of drug-likeness (QED) is 0.449. The second-order valence-electron chi connectivity index (χ2n) is 7.48. The molecule has 1 amide bonds. The molecule has 32 heavy (non-hydrogen) atoms. The maximum Gasteiger partial charge on any atom is 0.236 e. The lowest BCUT2D eigenvalue weighted by Gasteiger charge is -2.33. The fraction of sp³-hybridized carbons (Fsp3) is 0.0833. The van der Waals surface area contributed by atoms with Crippen molar-refractivity contribution in [2.24, 2.45) is 5.92 Å². The molecule has 0 saturated carbocycles. The van der Waals surface area contributed by atoms with Crippen LogP contribution in [0.15, 0.2) is 95.9 Å². The third-order valence-electron chi connectivity index (χ3n) is 5.36. The summed E-state index contributed by atoms with van der Waals surface area (Å²) >= 11 is 3.49. The molecule has 1 aliphatic rings. The van der Waals surface area contributed by atoms with Gasteiger partial charge in [-0.05, 0) is 23.8 Å². The van der Waals surface area contributed by atoms with E-state index in [4.69, 9.17) is 5.10 Å². The number of aromatic amines is 1. The Balaban J connectivity index is 1.59. The molecule has 2 aromatic carbocycles. The molecule has 2 atom stereocenters. The number of amides is 1. The van der Waals surface area contributed by atoms with Crippen molar-refractivity contribution in [3.8, 4) is 11.4 Å². The predicted octanol–water partition coefficient (Wildman–Crippen LogP) is 4.31. The van der Waals surface area contributed by atoms with Crippen LogP contribution in [0.25, 0.3) is 11.4 Å². The molecule has 158 valence electrons. The van der Waals surface area contributed by atoms with Gasteiger partial charge in [0.25, 0.3) is 0 Å². The highest BCUT2D eigenvalue weighted by atomic mass is 79.9. The number of halogens is 1. The second kappa shape index (κ2) is 8.39.